The van der Waals surface area contributed by atoms with Gasteiger partial charge in [-0.15, -0.1) is 10.2 Å². The summed E-state index contributed by atoms with van der Waals surface area (Å²) in [5.74, 6) is -0.370. The van der Waals surface area contributed by atoms with E-state index in [9.17, 15) is 13.2 Å². The van der Waals surface area contributed by atoms with Crippen LogP contribution < -0.4 is 10.0 Å². The lowest BCUT2D eigenvalue weighted by Gasteiger charge is -2.15. The first-order valence-corrected chi connectivity index (χ1v) is 10.9. The van der Waals surface area contributed by atoms with Crippen LogP contribution in [0.25, 0.3) is 0 Å². The molecule has 1 atom stereocenters. The Morgan fingerprint density at radius 1 is 1.07 bits per heavy atom. The zero-order chi connectivity index (χ0) is 20.3. The van der Waals surface area contributed by atoms with Gasteiger partial charge in [0.2, 0.25) is 9.47 Å². The lowest BCUT2D eigenvalue weighted by molar-refractivity contribution is 0.102. The number of carbonyl (C=O) groups excluding carboxylic acids is 1. The summed E-state index contributed by atoms with van der Waals surface area (Å²) in [6.45, 7) is 5.57. The Kier molecular flexibility index (Phi) is 5.87. The Morgan fingerprint density at radius 3 is 2.54 bits per heavy atom. The molecule has 1 aromatic heterocycles. The molecule has 0 fully saturated rings. The summed E-state index contributed by atoms with van der Waals surface area (Å²) in [7, 11) is -3.87. The SMILES string of the molecule is Cc1cccc(C(=O)Nc2nnc(S(=O)(=O)N[C@H](C)c3ccccc3C)s2)c1. The van der Waals surface area contributed by atoms with Crippen molar-refractivity contribution < 1.29 is 13.2 Å². The third-order valence-electron chi connectivity index (χ3n) is 4.12. The second-order valence-corrected chi connectivity index (χ2v) is 9.26. The van der Waals surface area contributed by atoms with E-state index in [4.69, 9.17) is 0 Å². The average molecular weight is 417 g/mol. The molecular formula is C19H20N4O3S2. The van der Waals surface area contributed by atoms with Crippen molar-refractivity contribution in [1.82, 2.24) is 14.9 Å². The van der Waals surface area contributed by atoms with Crippen LogP contribution in [-0.2, 0) is 10.0 Å². The van der Waals surface area contributed by atoms with Crippen molar-refractivity contribution in [3.63, 3.8) is 0 Å². The molecule has 3 rings (SSSR count). The predicted octanol–water partition coefficient (Wildman–Crippen LogP) is 3.45. The van der Waals surface area contributed by atoms with Gasteiger partial charge >= 0.3 is 0 Å². The van der Waals surface area contributed by atoms with Gasteiger partial charge in [0.25, 0.3) is 15.9 Å². The Morgan fingerprint density at radius 2 is 1.82 bits per heavy atom. The van der Waals surface area contributed by atoms with E-state index in [0.29, 0.717) is 5.56 Å². The smallest absolute Gasteiger partial charge is 0.270 e. The van der Waals surface area contributed by atoms with E-state index in [-0.39, 0.29) is 15.4 Å². The zero-order valence-corrected chi connectivity index (χ0v) is 17.3. The van der Waals surface area contributed by atoms with E-state index >= 15 is 0 Å². The summed E-state index contributed by atoms with van der Waals surface area (Å²) < 4.78 is 27.7. The monoisotopic (exact) mass is 416 g/mol. The quantitative estimate of drug-likeness (QED) is 0.600. The molecule has 1 amide bonds. The Bertz CT molecular complexity index is 1110. The molecule has 2 N–H and O–H groups in total. The van der Waals surface area contributed by atoms with E-state index in [1.54, 1.807) is 25.1 Å². The number of amides is 1. The summed E-state index contributed by atoms with van der Waals surface area (Å²) in [5, 5.41) is 10.2. The number of carbonyl (C=O) groups is 1. The lowest BCUT2D eigenvalue weighted by atomic mass is 10.0. The average Bonchev–Trinajstić information content (AvgIpc) is 3.11. The number of aromatic nitrogens is 2. The fraction of sp³-hybridized carbons (Fsp3) is 0.211. The predicted molar refractivity (Wildman–Crippen MR) is 109 cm³/mol. The van der Waals surface area contributed by atoms with Crippen LogP contribution in [0, 0.1) is 13.8 Å². The first-order valence-electron chi connectivity index (χ1n) is 8.55. The molecule has 1 heterocycles. The highest BCUT2D eigenvalue weighted by Crippen LogP contribution is 2.24. The van der Waals surface area contributed by atoms with E-state index in [1.165, 1.54) is 0 Å². The molecule has 28 heavy (non-hydrogen) atoms. The number of hydrogen-bond acceptors (Lipinski definition) is 6. The van der Waals surface area contributed by atoms with Crippen molar-refractivity contribution in [3.8, 4) is 0 Å². The van der Waals surface area contributed by atoms with Crippen LogP contribution in [0.4, 0.5) is 5.13 Å². The van der Waals surface area contributed by atoms with Gasteiger partial charge in [-0.25, -0.2) is 13.1 Å². The van der Waals surface area contributed by atoms with E-state index in [2.05, 4.69) is 20.2 Å². The maximum absolute atomic E-state index is 12.6. The summed E-state index contributed by atoms with van der Waals surface area (Å²) in [4.78, 5) is 12.3. The van der Waals surface area contributed by atoms with Crippen LogP contribution in [0.3, 0.4) is 0 Å². The van der Waals surface area contributed by atoms with Crippen molar-refractivity contribution >= 4 is 32.4 Å². The molecule has 2 aromatic carbocycles. The van der Waals surface area contributed by atoms with Gasteiger partial charge in [-0.1, -0.05) is 53.3 Å². The van der Waals surface area contributed by atoms with Crippen LogP contribution in [0.1, 0.15) is 40.0 Å². The Balaban J connectivity index is 1.73. The first kappa shape index (κ1) is 20.1. The van der Waals surface area contributed by atoms with Gasteiger partial charge in [-0.2, -0.15) is 0 Å². The van der Waals surface area contributed by atoms with Gasteiger partial charge < -0.3 is 0 Å². The molecule has 0 unspecified atom stereocenters. The van der Waals surface area contributed by atoms with Crippen LogP contribution >= 0.6 is 11.3 Å². The van der Waals surface area contributed by atoms with Gasteiger partial charge in [0, 0.05) is 11.6 Å². The third-order valence-corrected chi connectivity index (χ3v) is 6.87. The number of rotatable bonds is 6. The Labute approximate surface area is 167 Å². The van der Waals surface area contributed by atoms with Crippen LogP contribution in [0.2, 0.25) is 0 Å². The van der Waals surface area contributed by atoms with E-state index in [0.717, 1.165) is 28.0 Å². The molecule has 0 aliphatic carbocycles. The second-order valence-electron chi connectivity index (χ2n) is 6.40. The number of anilines is 1. The number of aryl methyl sites for hydroxylation is 2. The van der Waals surface area contributed by atoms with Crippen molar-refractivity contribution in [2.24, 2.45) is 0 Å². The highest BCUT2D eigenvalue weighted by Gasteiger charge is 2.24. The molecule has 9 heteroatoms. The summed E-state index contributed by atoms with van der Waals surface area (Å²) >= 11 is 0.804. The normalized spacial score (nSPS) is 12.5. The molecule has 0 aliphatic heterocycles. The summed E-state index contributed by atoms with van der Waals surface area (Å²) in [5.41, 5.74) is 3.28. The molecule has 0 bridgehead atoms. The fourth-order valence-corrected chi connectivity index (χ4v) is 4.88. The number of nitrogens with one attached hydrogen (secondary N) is 2. The second kappa shape index (κ2) is 8.17. The minimum Gasteiger partial charge on any atom is -0.296 e. The van der Waals surface area contributed by atoms with Crippen molar-refractivity contribution in [3.05, 3.63) is 70.8 Å². The van der Waals surface area contributed by atoms with Crippen LogP contribution in [0.15, 0.2) is 52.9 Å². The van der Waals surface area contributed by atoms with Crippen molar-refractivity contribution in [1.29, 1.82) is 0 Å². The zero-order valence-electron chi connectivity index (χ0n) is 15.6. The van der Waals surface area contributed by atoms with Crippen molar-refractivity contribution in [2.75, 3.05) is 5.32 Å². The van der Waals surface area contributed by atoms with Crippen molar-refractivity contribution in [2.45, 2.75) is 31.2 Å². The highest BCUT2D eigenvalue weighted by molar-refractivity contribution is 7.91. The minimum absolute atomic E-state index is 0.121. The van der Waals surface area contributed by atoms with E-state index in [1.807, 2.05) is 44.2 Å². The number of hydrogen-bond donors (Lipinski definition) is 2. The molecule has 0 saturated heterocycles. The molecule has 0 aliphatic rings. The highest BCUT2D eigenvalue weighted by atomic mass is 32.2. The molecule has 0 radical (unpaired) electrons. The van der Waals surface area contributed by atoms with Crippen LogP contribution in [0.5, 0.6) is 0 Å². The maximum atomic E-state index is 12.6. The van der Waals surface area contributed by atoms with Gasteiger partial charge in [0.15, 0.2) is 0 Å². The van der Waals surface area contributed by atoms with Crippen LogP contribution in [-0.4, -0.2) is 24.5 Å². The lowest BCUT2D eigenvalue weighted by Crippen LogP contribution is -2.27. The summed E-state index contributed by atoms with van der Waals surface area (Å²) in [6, 6.07) is 14.2. The van der Waals surface area contributed by atoms with Gasteiger partial charge in [0.05, 0.1) is 0 Å². The molecule has 0 saturated carbocycles. The first-order chi connectivity index (χ1) is 13.3. The fourth-order valence-electron chi connectivity index (χ4n) is 2.74. The molecule has 3 aromatic rings. The largest absolute Gasteiger partial charge is 0.296 e. The molecular weight excluding hydrogens is 396 g/mol. The summed E-state index contributed by atoms with van der Waals surface area (Å²) in [6.07, 6.45) is 0. The topological polar surface area (TPSA) is 101 Å². The Hall–Kier alpha value is -2.62. The number of benzene rings is 2. The minimum atomic E-state index is -3.87. The maximum Gasteiger partial charge on any atom is 0.270 e. The van der Waals surface area contributed by atoms with Gasteiger partial charge in [0.1, 0.15) is 0 Å². The number of nitrogens with zero attached hydrogens (tertiary/aromatic N) is 2. The molecule has 7 nitrogen and oxygen atoms in total. The molecule has 146 valence electrons. The third kappa shape index (κ3) is 4.61. The number of sulfonamides is 1. The van der Waals surface area contributed by atoms with Gasteiger partial charge in [-0.3, -0.25) is 10.1 Å². The van der Waals surface area contributed by atoms with Gasteiger partial charge in [-0.05, 0) is 44.0 Å². The van der Waals surface area contributed by atoms with E-state index < -0.39 is 16.1 Å². The molecule has 0 spiro atoms. The standard InChI is InChI=1S/C19H20N4O3S2/c1-12-7-6-9-15(11-12)17(24)20-18-21-22-19(27-18)28(25,26)23-14(3)16-10-5-4-8-13(16)2/h4-11,14,23H,1-3H3,(H,20,21,24)/t14-/m1/s1.